The number of rotatable bonds is 32. The summed E-state index contributed by atoms with van der Waals surface area (Å²) >= 11 is 0. The van der Waals surface area contributed by atoms with Crippen LogP contribution in [0.3, 0.4) is 0 Å². The predicted molar refractivity (Wildman–Crippen MR) is 582 cm³/mol. The van der Waals surface area contributed by atoms with Gasteiger partial charge in [-0.3, -0.25) is 24.1 Å². The molecule has 0 radical (unpaired) electrons. The van der Waals surface area contributed by atoms with Gasteiger partial charge in [-0.2, -0.15) is 0 Å². The summed E-state index contributed by atoms with van der Waals surface area (Å²) in [5.74, 6) is 1.94. The van der Waals surface area contributed by atoms with Crippen LogP contribution in [-0.4, -0.2) is 158 Å². The number of nitrogens with one attached hydrogen (secondary N) is 4. The van der Waals surface area contributed by atoms with Crippen molar-refractivity contribution in [3.63, 3.8) is 0 Å². The second kappa shape index (κ2) is 51.9. The number of hydrogen-bond donors (Lipinski definition) is 4. The fraction of sp³-hybridized carbons (Fsp3) is 0.347. The van der Waals surface area contributed by atoms with E-state index in [1.807, 2.05) is 162 Å². The molecular formula is C121H136F3N9O16. The van der Waals surface area contributed by atoms with E-state index in [1.54, 1.807) is 74.2 Å². The summed E-state index contributed by atoms with van der Waals surface area (Å²) in [6, 6.07) is 84.4. The highest BCUT2D eigenvalue weighted by atomic mass is 19.4. The Balaban J connectivity index is 0.000000157. The maximum atomic E-state index is 13.0. The van der Waals surface area contributed by atoms with Crippen molar-refractivity contribution in [1.82, 2.24) is 4.90 Å². The lowest BCUT2D eigenvalue weighted by molar-refractivity contribution is -0.274. The summed E-state index contributed by atoms with van der Waals surface area (Å²) in [7, 11) is 4.13. The number of morpholine rings is 1. The van der Waals surface area contributed by atoms with E-state index in [0.717, 1.165) is 214 Å². The summed E-state index contributed by atoms with van der Waals surface area (Å²) in [5.41, 5.74) is 20.2. The normalized spacial score (nSPS) is 17.5. The lowest BCUT2D eigenvalue weighted by Crippen LogP contribution is -2.43. The Kier molecular flexibility index (Phi) is 38.2. The highest BCUT2D eigenvalue weighted by Gasteiger charge is 2.40. The standard InChI is InChI=1S/C32H37N3O5.C31H36N2O4.C30H34N2O4.C28H29F3N2O3/c1-22-19-30(33-27-10-7-24(8-11-27)32(37)38-3)29-21-26(9-12-31(29)35(22)23(2)36)25-5-4-6-28(20-25)40-18-15-34-13-16-39-17-14-34;1-5-6-7-17-37-27-10-8-9-24(19-27)25-13-16-30-28(20-25)29(18-21(2)33(30)22(3)34)32-26-14-11-23(12-15-26)31(35)36-4;1-5-6-16-36-26-9-7-8-23(18-26)24-12-15-29-27(19-24)28(17-20(2)32(29)21(3)33)31-25-13-10-22(11-14-25)30(34)35-4;1-4-14-35-22-9-7-8-20(16-22)21-12-13-26-23(17-21)25(15-18(2)33(26)19(3)34)32-24-10-5-6-11-27(24)36-28(29,30)31/h4-12,20-22,30,33H,13-19H2,1-3H3;8-16,19-21,29,32H,5-7,17-18H2,1-4H3;7-15,18-20,28,31H,5-6,16-17H2,1-4H3;5-13,16-18,25,32H,4,14-15H2,1-3H3/t22-,30+;21-,29+;20-,28+;18-,25+/m0000/s1. The van der Waals surface area contributed by atoms with Crippen LogP contribution in [0.5, 0.6) is 28.7 Å². The Hall–Kier alpha value is -15.2. The Labute approximate surface area is 872 Å². The van der Waals surface area contributed by atoms with Gasteiger partial charge in [0.2, 0.25) is 23.6 Å². The SMILES string of the molecule is CCCCCOc1cccc(-c2ccc3c(c2)[C@H](Nc2ccc(C(=O)OC)cc2)C[C@H](C)N3C(C)=O)c1.CCCCOc1cccc(-c2ccc3c(c2)[C@H](Nc2ccc(C(=O)OC)cc2)C[C@H](C)N3C(C)=O)c1.CCCOc1cccc(-c2ccc3c(c2)[C@H](Nc2ccccc2OC(F)(F)F)C[C@H](C)N3C(C)=O)c1.COC(=O)c1ccc(N[C@@H]2C[C@H](C)N(C(C)=O)c3ccc(-c4cccc(OCCN5CCOCC5)c4)cc32)cc1. The van der Waals surface area contributed by atoms with Gasteiger partial charge in [-0.05, 0) is 321 Å². The smallest absolute Gasteiger partial charge is 0.494 e. The number of para-hydroxylation sites is 2. The monoisotopic (exact) mass is 2030 g/mol. The number of anilines is 8. The largest absolute Gasteiger partial charge is 0.573 e. The number of methoxy groups -OCH3 is 3. The molecule has 0 unspecified atom stereocenters. The Morgan fingerprint density at radius 1 is 0.336 bits per heavy atom. The van der Waals surface area contributed by atoms with Crippen molar-refractivity contribution in [1.29, 1.82) is 0 Å². The number of benzene rings is 12. The second-order valence-electron chi connectivity index (χ2n) is 38.0. The molecule has 4 amide bonds. The minimum atomic E-state index is -4.81. The zero-order valence-electron chi connectivity index (χ0n) is 87.4. The van der Waals surface area contributed by atoms with Crippen LogP contribution in [0.25, 0.3) is 44.5 Å². The number of halogens is 3. The molecule has 25 nitrogen and oxygen atoms in total. The fourth-order valence-corrected chi connectivity index (χ4v) is 20.0. The highest BCUT2D eigenvalue weighted by Crippen LogP contribution is 2.49. The van der Waals surface area contributed by atoms with Crippen LogP contribution < -0.4 is 64.6 Å². The van der Waals surface area contributed by atoms with Gasteiger partial charge in [0.05, 0.1) is 101 Å². The van der Waals surface area contributed by atoms with E-state index >= 15 is 0 Å². The quantitative estimate of drug-likeness (QED) is 0.0173. The highest BCUT2D eigenvalue weighted by molar-refractivity contribution is 5.98. The number of fused-ring (bicyclic) bond motifs is 4. The zero-order chi connectivity index (χ0) is 106. The van der Waals surface area contributed by atoms with E-state index in [2.05, 4.69) is 138 Å². The maximum absolute atomic E-state index is 13.0. The van der Waals surface area contributed by atoms with Gasteiger partial charge in [-0.1, -0.05) is 125 Å². The van der Waals surface area contributed by atoms with Gasteiger partial charge in [0.25, 0.3) is 0 Å². The molecule has 1 saturated heterocycles. The van der Waals surface area contributed by atoms with Crippen molar-refractivity contribution in [2.75, 3.05) is 121 Å². The number of ether oxygens (including phenoxy) is 9. The number of esters is 3. The third-order valence-corrected chi connectivity index (χ3v) is 27.2. The van der Waals surface area contributed by atoms with Crippen molar-refractivity contribution < 1.29 is 89.4 Å². The molecule has 28 heteroatoms. The summed E-state index contributed by atoms with van der Waals surface area (Å²) in [6.07, 6.45) is 4.36. The fourth-order valence-electron chi connectivity index (χ4n) is 20.0. The van der Waals surface area contributed by atoms with Crippen LogP contribution >= 0.6 is 0 Å². The van der Waals surface area contributed by atoms with Crippen molar-refractivity contribution in [2.45, 2.75) is 195 Å². The molecule has 149 heavy (non-hydrogen) atoms. The average Bonchev–Trinajstić information content (AvgIpc) is 0.773. The molecule has 782 valence electrons. The minimum absolute atomic E-state index is 0.00138. The van der Waals surface area contributed by atoms with Gasteiger partial charge in [0.15, 0.2) is 5.75 Å². The van der Waals surface area contributed by atoms with Crippen LogP contribution in [-0.2, 0) is 38.1 Å². The third-order valence-electron chi connectivity index (χ3n) is 27.2. The molecular weight excluding hydrogens is 1890 g/mol. The number of carbonyl (C=O) groups excluding carboxylic acids is 7. The number of unbranched alkanes of at least 4 members (excludes halogenated alkanes) is 3. The number of amides is 4. The molecule has 1 fully saturated rings. The maximum Gasteiger partial charge on any atom is 0.573 e. The van der Waals surface area contributed by atoms with Gasteiger partial charge in [-0.25, -0.2) is 14.4 Å². The van der Waals surface area contributed by atoms with Crippen LogP contribution in [0.2, 0.25) is 0 Å². The van der Waals surface area contributed by atoms with Crippen LogP contribution in [0.4, 0.5) is 58.7 Å². The summed E-state index contributed by atoms with van der Waals surface area (Å²) < 4.78 is 86.9. The van der Waals surface area contributed by atoms with Gasteiger partial charge in [0.1, 0.15) is 29.6 Å². The summed E-state index contributed by atoms with van der Waals surface area (Å²) in [6.45, 7) is 27.9. The molecule has 17 rings (SSSR count). The molecule has 4 N–H and O–H groups in total. The second-order valence-corrected chi connectivity index (χ2v) is 38.0. The lowest BCUT2D eigenvalue weighted by atomic mass is 9.89. The number of carbonyl (C=O) groups is 7. The average molecular weight is 2030 g/mol. The molecule has 0 bridgehead atoms. The van der Waals surface area contributed by atoms with Crippen LogP contribution in [0, 0.1) is 0 Å². The van der Waals surface area contributed by atoms with E-state index in [1.165, 1.54) is 46.8 Å². The van der Waals surface area contributed by atoms with Gasteiger partial charge in [-0.15, -0.1) is 13.2 Å². The third kappa shape index (κ3) is 28.6. The Bertz CT molecular complexity index is 6600. The predicted octanol–water partition coefficient (Wildman–Crippen LogP) is 26.1. The molecule has 5 aliphatic heterocycles. The van der Waals surface area contributed by atoms with Crippen molar-refractivity contribution in [3.05, 3.63) is 306 Å². The summed E-state index contributed by atoms with van der Waals surface area (Å²) in [5, 5.41) is 14.1. The summed E-state index contributed by atoms with van der Waals surface area (Å²) in [4.78, 5) is 95.4. The van der Waals surface area contributed by atoms with E-state index < -0.39 is 6.36 Å². The molecule has 0 aliphatic carbocycles. The first-order valence-corrected chi connectivity index (χ1v) is 51.3. The minimum Gasteiger partial charge on any atom is -0.494 e. The molecule has 8 atom stereocenters. The molecule has 5 aliphatic rings. The first-order chi connectivity index (χ1) is 71.9. The number of alkyl halides is 3. The van der Waals surface area contributed by atoms with Gasteiger partial charge < -0.3 is 83.5 Å². The first-order valence-electron chi connectivity index (χ1n) is 51.3. The number of hydrogen-bond acceptors (Lipinski definition) is 21. The van der Waals surface area contributed by atoms with E-state index in [0.29, 0.717) is 49.5 Å². The molecule has 0 saturated carbocycles. The van der Waals surface area contributed by atoms with Crippen LogP contribution in [0.15, 0.2) is 267 Å². The molecule has 5 heterocycles. The van der Waals surface area contributed by atoms with E-state index in [9.17, 15) is 46.7 Å². The van der Waals surface area contributed by atoms with Gasteiger partial charge >= 0.3 is 24.3 Å². The first kappa shape index (κ1) is 110. The van der Waals surface area contributed by atoms with Crippen molar-refractivity contribution in [3.8, 4) is 73.3 Å². The molecule has 0 aromatic heterocycles. The number of nitrogens with zero attached hydrogens (tertiary/aromatic N) is 5. The molecule has 12 aromatic carbocycles. The van der Waals surface area contributed by atoms with Crippen molar-refractivity contribution >= 4 is 87.0 Å². The van der Waals surface area contributed by atoms with Crippen LogP contribution in [0.1, 0.15) is 218 Å². The Morgan fingerprint density at radius 2 is 0.638 bits per heavy atom. The lowest BCUT2D eigenvalue weighted by Gasteiger charge is -2.40. The molecule has 12 aromatic rings. The Morgan fingerprint density at radius 3 is 0.946 bits per heavy atom. The topological polar surface area (TPSA) is 267 Å². The van der Waals surface area contributed by atoms with Gasteiger partial charge in [0, 0.05) is 111 Å². The van der Waals surface area contributed by atoms with E-state index in [-0.39, 0.29) is 101 Å². The zero-order valence-corrected chi connectivity index (χ0v) is 87.4. The molecule has 0 spiro atoms. The van der Waals surface area contributed by atoms with E-state index in [4.69, 9.17) is 37.9 Å². The van der Waals surface area contributed by atoms with Crippen molar-refractivity contribution in [2.24, 2.45) is 0 Å².